The smallest absolute Gasteiger partial charge is 0.389 e. The van der Waals surface area contributed by atoms with Crippen LogP contribution in [0, 0.1) is 5.92 Å². The fourth-order valence-corrected chi connectivity index (χ4v) is 2.78. The van der Waals surface area contributed by atoms with Gasteiger partial charge in [-0.2, -0.15) is 13.2 Å². The molecule has 1 fully saturated rings. The van der Waals surface area contributed by atoms with E-state index in [1.165, 1.54) is 6.07 Å². The van der Waals surface area contributed by atoms with Gasteiger partial charge in [0.2, 0.25) is 0 Å². The highest BCUT2D eigenvalue weighted by molar-refractivity contribution is 5.40. The zero-order chi connectivity index (χ0) is 16.4. The van der Waals surface area contributed by atoms with E-state index in [4.69, 9.17) is 4.74 Å². The molecule has 1 aromatic heterocycles. The number of rotatable bonds is 4. The van der Waals surface area contributed by atoms with E-state index < -0.39 is 17.5 Å². The molecule has 0 saturated carbocycles. The van der Waals surface area contributed by atoms with E-state index in [0.29, 0.717) is 38.4 Å². The van der Waals surface area contributed by atoms with E-state index in [1.807, 2.05) is 6.92 Å². The fraction of sp³-hybridized carbons (Fsp3) is 0.667. The van der Waals surface area contributed by atoms with Gasteiger partial charge < -0.3 is 14.7 Å². The average molecular weight is 318 g/mol. The number of pyridine rings is 1. The highest BCUT2D eigenvalue weighted by Gasteiger charge is 2.39. The van der Waals surface area contributed by atoms with Crippen LogP contribution in [0.3, 0.4) is 0 Å². The molecule has 0 spiro atoms. The van der Waals surface area contributed by atoms with Gasteiger partial charge in [0.05, 0.1) is 5.60 Å². The molecule has 1 saturated heterocycles. The number of anilines is 1. The SMILES string of the molecule is COCC[C@]1(O)CCN(c2cccc(C(F)(F)F)n2)C[C@H]1C. The van der Waals surface area contributed by atoms with Crippen molar-refractivity contribution in [2.75, 3.05) is 31.7 Å². The average Bonchev–Trinajstić information content (AvgIpc) is 2.47. The summed E-state index contributed by atoms with van der Waals surface area (Å²) in [5, 5.41) is 10.6. The molecule has 0 aromatic carbocycles. The van der Waals surface area contributed by atoms with E-state index in [9.17, 15) is 18.3 Å². The number of halogens is 3. The summed E-state index contributed by atoms with van der Waals surface area (Å²) in [4.78, 5) is 5.50. The third-order valence-electron chi connectivity index (χ3n) is 4.31. The number of aliphatic hydroxyl groups is 1. The van der Waals surface area contributed by atoms with Crippen molar-refractivity contribution >= 4 is 5.82 Å². The Hall–Kier alpha value is -1.34. The van der Waals surface area contributed by atoms with Crippen LogP contribution in [0.25, 0.3) is 0 Å². The summed E-state index contributed by atoms with van der Waals surface area (Å²) < 4.78 is 43.2. The minimum absolute atomic E-state index is 0.0762. The molecule has 1 N–H and O–H groups in total. The largest absolute Gasteiger partial charge is 0.433 e. The Morgan fingerprint density at radius 3 is 2.77 bits per heavy atom. The van der Waals surface area contributed by atoms with Gasteiger partial charge in [0.15, 0.2) is 0 Å². The maximum atomic E-state index is 12.7. The van der Waals surface area contributed by atoms with Crippen LogP contribution in [0.4, 0.5) is 19.0 Å². The van der Waals surface area contributed by atoms with Crippen molar-refractivity contribution in [2.45, 2.75) is 31.5 Å². The summed E-state index contributed by atoms with van der Waals surface area (Å²) in [6.45, 7) is 3.30. The van der Waals surface area contributed by atoms with Gasteiger partial charge in [-0.3, -0.25) is 0 Å². The highest BCUT2D eigenvalue weighted by atomic mass is 19.4. The summed E-state index contributed by atoms with van der Waals surface area (Å²) in [5.74, 6) is 0.225. The number of aromatic nitrogens is 1. The molecule has 1 aromatic rings. The lowest BCUT2D eigenvalue weighted by Crippen LogP contribution is -2.51. The Balaban J connectivity index is 2.10. The number of alkyl halides is 3. The third-order valence-corrected chi connectivity index (χ3v) is 4.31. The molecule has 0 unspecified atom stereocenters. The van der Waals surface area contributed by atoms with Crippen LogP contribution < -0.4 is 4.90 Å². The van der Waals surface area contributed by atoms with Crippen LogP contribution in [-0.2, 0) is 10.9 Å². The lowest BCUT2D eigenvalue weighted by atomic mass is 9.80. The first kappa shape index (κ1) is 17.0. The minimum Gasteiger partial charge on any atom is -0.389 e. The van der Waals surface area contributed by atoms with Gasteiger partial charge in [-0.1, -0.05) is 13.0 Å². The summed E-state index contributed by atoms with van der Waals surface area (Å²) in [6, 6.07) is 3.90. The molecule has 2 rings (SSSR count). The molecule has 2 atom stereocenters. The van der Waals surface area contributed by atoms with Gasteiger partial charge in [-0.15, -0.1) is 0 Å². The maximum absolute atomic E-state index is 12.7. The Labute approximate surface area is 127 Å². The monoisotopic (exact) mass is 318 g/mol. The second-order valence-electron chi connectivity index (χ2n) is 5.82. The molecule has 1 aliphatic rings. The predicted molar refractivity (Wildman–Crippen MR) is 76.7 cm³/mol. The first-order valence-corrected chi connectivity index (χ1v) is 7.27. The van der Waals surface area contributed by atoms with Gasteiger partial charge in [-0.25, -0.2) is 4.98 Å². The number of hydrogen-bond donors (Lipinski definition) is 1. The van der Waals surface area contributed by atoms with Crippen molar-refractivity contribution in [3.05, 3.63) is 23.9 Å². The van der Waals surface area contributed by atoms with Crippen LogP contribution in [-0.4, -0.2) is 42.5 Å². The molecular weight excluding hydrogens is 297 g/mol. The van der Waals surface area contributed by atoms with E-state index in [2.05, 4.69) is 4.98 Å². The number of piperidine rings is 1. The molecule has 7 heteroatoms. The standard InChI is InChI=1S/C15H21F3N2O2/c1-11-10-20(8-6-14(11,21)7-9-22-2)13-5-3-4-12(19-13)15(16,17)18/h3-5,11,21H,6-10H2,1-2H3/t11-,14-/m1/s1. The van der Waals surface area contributed by atoms with Crippen LogP contribution in [0.15, 0.2) is 18.2 Å². The van der Waals surface area contributed by atoms with Crippen molar-refractivity contribution in [3.63, 3.8) is 0 Å². The summed E-state index contributed by atoms with van der Waals surface area (Å²) >= 11 is 0. The van der Waals surface area contributed by atoms with E-state index in [0.717, 1.165) is 6.07 Å². The lowest BCUT2D eigenvalue weighted by molar-refractivity contribution is -0.141. The normalized spacial score (nSPS) is 26.3. The molecule has 0 amide bonds. The molecule has 1 aliphatic heterocycles. The van der Waals surface area contributed by atoms with Crippen LogP contribution in [0.5, 0.6) is 0 Å². The minimum atomic E-state index is -4.45. The summed E-state index contributed by atoms with van der Waals surface area (Å²) in [6.07, 6.45) is -3.44. The molecule has 124 valence electrons. The van der Waals surface area contributed by atoms with Crippen LogP contribution >= 0.6 is 0 Å². The Bertz CT molecular complexity index is 510. The van der Waals surface area contributed by atoms with E-state index in [-0.39, 0.29) is 5.92 Å². The number of methoxy groups -OCH3 is 1. The van der Waals surface area contributed by atoms with Crippen molar-refractivity contribution < 1.29 is 23.0 Å². The molecular formula is C15H21F3N2O2. The molecule has 4 nitrogen and oxygen atoms in total. The zero-order valence-corrected chi connectivity index (χ0v) is 12.7. The highest BCUT2D eigenvalue weighted by Crippen LogP contribution is 2.34. The molecule has 0 bridgehead atoms. The first-order chi connectivity index (χ1) is 10.3. The summed E-state index contributed by atoms with van der Waals surface area (Å²) in [5.41, 5.74) is -1.73. The molecule has 2 heterocycles. The number of nitrogens with zero attached hydrogens (tertiary/aromatic N) is 2. The number of ether oxygens (including phenoxy) is 1. The second kappa shape index (κ2) is 6.42. The summed E-state index contributed by atoms with van der Waals surface area (Å²) in [7, 11) is 1.58. The Morgan fingerprint density at radius 1 is 1.45 bits per heavy atom. The van der Waals surface area contributed by atoms with Crippen molar-refractivity contribution in [2.24, 2.45) is 5.92 Å². The third kappa shape index (κ3) is 3.70. The van der Waals surface area contributed by atoms with Gasteiger partial charge in [0, 0.05) is 32.7 Å². The Morgan fingerprint density at radius 2 is 2.18 bits per heavy atom. The molecule has 0 aliphatic carbocycles. The molecule has 22 heavy (non-hydrogen) atoms. The van der Waals surface area contributed by atoms with Gasteiger partial charge in [0.25, 0.3) is 0 Å². The van der Waals surface area contributed by atoms with E-state index in [1.54, 1.807) is 18.1 Å². The van der Waals surface area contributed by atoms with Crippen molar-refractivity contribution in [1.82, 2.24) is 4.98 Å². The Kier molecular flexibility index (Phi) is 4.97. The fourth-order valence-electron chi connectivity index (χ4n) is 2.78. The predicted octanol–water partition coefficient (Wildman–Crippen LogP) is 2.71. The van der Waals surface area contributed by atoms with Crippen LogP contribution in [0.1, 0.15) is 25.5 Å². The first-order valence-electron chi connectivity index (χ1n) is 7.27. The van der Waals surface area contributed by atoms with Gasteiger partial charge in [0.1, 0.15) is 11.5 Å². The number of hydrogen-bond acceptors (Lipinski definition) is 4. The zero-order valence-electron chi connectivity index (χ0n) is 12.7. The van der Waals surface area contributed by atoms with Gasteiger partial charge in [-0.05, 0) is 25.0 Å². The lowest BCUT2D eigenvalue weighted by Gasteiger charge is -2.43. The quantitative estimate of drug-likeness (QED) is 0.927. The molecule has 0 radical (unpaired) electrons. The topological polar surface area (TPSA) is 45.6 Å². The van der Waals surface area contributed by atoms with Crippen LogP contribution in [0.2, 0.25) is 0 Å². The second-order valence-corrected chi connectivity index (χ2v) is 5.82. The maximum Gasteiger partial charge on any atom is 0.433 e. The van der Waals surface area contributed by atoms with Gasteiger partial charge >= 0.3 is 6.18 Å². The van der Waals surface area contributed by atoms with E-state index >= 15 is 0 Å². The van der Waals surface area contributed by atoms with Crippen molar-refractivity contribution in [3.8, 4) is 0 Å². The van der Waals surface area contributed by atoms with Crippen molar-refractivity contribution in [1.29, 1.82) is 0 Å².